The molecule has 0 fully saturated rings. The number of ether oxygens (including phenoxy) is 1. The number of nitrogens with zero attached hydrogens (tertiary/aromatic N) is 2. The van der Waals surface area contributed by atoms with Crippen LogP contribution in [0.25, 0.3) is 0 Å². The van der Waals surface area contributed by atoms with Crippen LogP contribution in [0, 0.1) is 0 Å². The monoisotopic (exact) mass is 243 g/mol. The molecule has 0 aromatic carbocycles. The number of methoxy groups -OCH3 is 1. The number of rotatable bonds is 6. The Morgan fingerprint density at radius 1 is 1.17 bits per heavy atom. The van der Waals surface area contributed by atoms with Gasteiger partial charge in [-0.25, -0.2) is 4.98 Å². The highest BCUT2D eigenvalue weighted by molar-refractivity contribution is 5.20. The molecule has 0 aliphatic carbocycles. The fourth-order valence-corrected chi connectivity index (χ4v) is 1.67. The average Bonchev–Trinajstić information content (AvgIpc) is 2.45. The Hall–Kier alpha value is -1.94. The Bertz CT molecular complexity index is 473. The third kappa shape index (κ3) is 3.82. The molecular formula is C14H17N3O. The minimum absolute atomic E-state index is 0.652. The smallest absolute Gasteiger partial charge is 0.213 e. The molecule has 0 aliphatic heterocycles. The van der Waals surface area contributed by atoms with Crippen LogP contribution in [0.4, 0.5) is 0 Å². The fourth-order valence-electron chi connectivity index (χ4n) is 1.67. The molecule has 4 heteroatoms. The van der Waals surface area contributed by atoms with E-state index in [-0.39, 0.29) is 0 Å². The number of nitrogens with one attached hydrogen (secondary N) is 1. The van der Waals surface area contributed by atoms with Crippen molar-refractivity contribution in [3.8, 4) is 5.88 Å². The first kappa shape index (κ1) is 12.5. The molecule has 4 nitrogen and oxygen atoms in total. The van der Waals surface area contributed by atoms with Gasteiger partial charge in [-0.2, -0.15) is 0 Å². The van der Waals surface area contributed by atoms with Crippen LogP contribution >= 0.6 is 0 Å². The van der Waals surface area contributed by atoms with Gasteiger partial charge in [-0.1, -0.05) is 6.07 Å². The summed E-state index contributed by atoms with van der Waals surface area (Å²) in [6, 6.07) is 9.90. The molecule has 2 heterocycles. The first-order valence-electron chi connectivity index (χ1n) is 5.98. The summed E-state index contributed by atoms with van der Waals surface area (Å²) in [7, 11) is 1.63. The van der Waals surface area contributed by atoms with Gasteiger partial charge in [0.15, 0.2) is 0 Å². The maximum absolute atomic E-state index is 5.08. The SMILES string of the molecule is COc1cc(CNCCc2ccccn2)ccn1. The number of hydrogen-bond donors (Lipinski definition) is 1. The van der Waals surface area contributed by atoms with Crippen molar-refractivity contribution in [2.45, 2.75) is 13.0 Å². The summed E-state index contributed by atoms with van der Waals surface area (Å²) in [4.78, 5) is 8.35. The van der Waals surface area contributed by atoms with E-state index in [0.29, 0.717) is 5.88 Å². The molecule has 2 aromatic rings. The van der Waals surface area contributed by atoms with Gasteiger partial charge in [-0.05, 0) is 23.8 Å². The molecule has 1 N–H and O–H groups in total. The highest BCUT2D eigenvalue weighted by Gasteiger charge is 1.97. The lowest BCUT2D eigenvalue weighted by atomic mass is 10.2. The van der Waals surface area contributed by atoms with Crippen molar-refractivity contribution in [2.75, 3.05) is 13.7 Å². The zero-order valence-electron chi connectivity index (χ0n) is 10.5. The summed E-state index contributed by atoms with van der Waals surface area (Å²) in [5, 5.41) is 3.38. The molecule has 0 atom stereocenters. The van der Waals surface area contributed by atoms with E-state index < -0.39 is 0 Å². The van der Waals surface area contributed by atoms with Crippen LogP contribution in [0.2, 0.25) is 0 Å². The predicted molar refractivity (Wildman–Crippen MR) is 70.4 cm³/mol. The number of pyridine rings is 2. The van der Waals surface area contributed by atoms with E-state index in [4.69, 9.17) is 4.74 Å². The second kappa shape index (κ2) is 6.71. The van der Waals surface area contributed by atoms with Gasteiger partial charge in [0.1, 0.15) is 0 Å². The van der Waals surface area contributed by atoms with Crippen LogP contribution in [0.3, 0.4) is 0 Å². The molecule has 0 aliphatic rings. The number of hydrogen-bond acceptors (Lipinski definition) is 4. The Labute approximate surface area is 107 Å². The van der Waals surface area contributed by atoms with E-state index in [1.807, 2.05) is 36.5 Å². The molecule has 0 radical (unpaired) electrons. The van der Waals surface area contributed by atoms with Gasteiger partial charge in [0.05, 0.1) is 7.11 Å². The van der Waals surface area contributed by atoms with Crippen molar-refractivity contribution in [1.82, 2.24) is 15.3 Å². The number of aromatic nitrogens is 2. The van der Waals surface area contributed by atoms with Crippen LogP contribution in [-0.2, 0) is 13.0 Å². The summed E-state index contributed by atoms with van der Waals surface area (Å²) in [6.07, 6.45) is 4.51. The lowest BCUT2D eigenvalue weighted by molar-refractivity contribution is 0.397. The van der Waals surface area contributed by atoms with E-state index in [1.165, 1.54) is 5.56 Å². The average molecular weight is 243 g/mol. The van der Waals surface area contributed by atoms with Crippen molar-refractivity contribution in [2.24, 2.45) is 0 Å². The lowest BCUT2D eigenvalue weighted by Crippen LogP contribution is -2.17. The summed E-state index contributed by atoms with van der Waals surface area (Å²) in [5.74, 6) is 0.652. The molecule has 94 valence electrons. The van der Waals surface area contributed by atoms with Crippen molar-refractivity contribution in [3.63, 3.8) is 0 Å². The molecule has 2 aromatic heterocycles. The Kier molecular flexibility index (Phi) is 4.67. The minimum Gasteiger partial charge on any atom is -0.481 e. The Balaban J connectivity index is 1.75. The maximum Gasteiger partial charge on any atom is 0.213 e. The van der Waals surface area contributed by atoms with Crippen LogP contribution in [0.1, 0.15) is 11.3 Å². The molecule has 0 spiro atoms. The molecule has 0 bridgehead atoms. The van der Waals surface area contributed by atoms with Gasteiger partial charge < -0.3 is 10.1 Å². The molecule has 0 amide bonds. The summed E-state index contributed by atoms with van der Waals surface area (Å²) >= 11 is 0. The third-order valence-corrected chi connectivity index (χ3v) is 2.62. The van der Waals surface area contributed by atoms with Gasteiger partial charge in [-0.3, -0.25) is 4.98 Å². The minimum atomic E-state index is 0.652. The highest BCUT2D eigenvalue weighted by Crippen LogP contribution is 2.07. The molecular weight excluding hydrogens is 226 g/mol. The van der Waals surface area contributed by atoms with E-state index in [2.05, 4.69) is 15.3 Å². The van der Waals surface area contributed by atoms with Gasteiger partial charge in [0.25, 0.3) is 0 Å². The first-order valence-corrected chi connectivity index (χ1v) is 5.98. The topological polar surface area (TPSA) is 47.0 Å². The van der Waals surface area contributed by atoms with Crippen LogP contribution in [0.5, 0.6) is 5.88 Å². The van der Waals surface area contributed by atoms with Crippen molar-refractivity contribution in [3.05, 3.63) is 54.0 Å². The van der Waals surface area contributed by atoms with E-state index in [0.717, 1.165) is 25.2 Å². The standard InChI is InChI=1S/C14H17N3O/c1-18-14-10-12(5-9-17-14)11-15-8-6-13-4-2-3-7-16-13/h2-5,7,9-10,15H,6,8,11H2,1H3. The quantitative estimate of drug-likeness (QED) is 0.786. The van der Waals surface area contributed by atoms with Gasteiger partial charge in [-0.15, -0.1) is 0 Å². The fraction of sp³-hybridized carbons (Fsp3) is 0.286. The Morgan fingerprint density at radius 2 is 2.11 bits per heavy atom. The molecule has 18 heavy (non-hydrogen) atoms. The largest absolute Gasteiger partial charge is 0.481 e. The maximum atomic E-state index is 5.08. The van der Waals surface area contributed by atoms with Crippen LogP contribution in [-0.4, -0.2) is 23.6 Å². The predicted octanol–water partition coefficient (Wildman–Crippen LogP) is 1.82. The van der Waals surface area contributed by atoms with Crippen LogP contribution in [0.15, 0.2) is 42.7 Å². The second-order valence-corrected chi connectivity index (χ2v) is 3.95. The third-order valence-electron chi connectivity index (χ3n) is 2.62. The summed E-state index contributed by atoms with van der Waals surface area (Å²) in [5.41, 5.74) is 2.28. The highest BCUT2D eigenvalue weighted by atomic mass is 16.5. The first-order chi connectivity index (χ1) is 8.88. The zero-order valence-corrected chi connectivity index (χ0v) is 10.5. The molecule has 0 saturated heterocycles. The molecule has 0 unspecified atom stereocenters. The second-order valence-electron chi connectivity index (χ2n) is 3.95. The molecule has 0 saturated carbocycles. The van der Waals surface area contributed by atoms with Gasteiger partial charge >= 0.3 is 0 Å². The van der Waals surface area contributed by atoms with Crippen molar-refractivity contribution in [1.29, 1.82) is 0 Å². The van der Waals surface area contributed by atoms with E-state index >= 15 is 0 Å². The van der Waals surface area contributed by atoms with Crippen LogP contribution < -0.4 is 10.1 Å². The normalized spacial score (nSPS) is 10.3. The van der Waals surface area contributed by atoms with Crippen molar-refractivity contribution >= 4 is 0 Å². The van der Waals surface area contributed by atoms with E-state index in [1.54, 1.807) is 13.3 Å². The van der Waals surface area contributed by atoms with Gasteiger partial charge in [0.2, 0.25) is 5.88 Å². The lowest BCUT2D eigenvalue weighted by Gasteiger charge is -2.05. The summed E-state index contributed by atoms with van der Waals surface area (Å²) in [6.45, 7) is 1.72. The van der Waals surface area contributed by atoms with Crippen molar-refractivity contribution < 1.29 is 4.74 Å². The molecule has 2 rings (SSSR count). The Morgan fingerprint density at radius 3 is 2.89 bits per heavy atom. The van der Waals surface area contributed by atoms with E-state index in [9.17, 15) is 0 Å². The summed E-state index contributed by atoms with van der Waals surface area (Å²) < 4.78 is 5.08. The zero-order chi connectivity index (χ0) is 12.6. The van der Waals surface area contributed by atoms with Gasteiger partial charge in [0, 0.05) is 43.7 Å².